The third-order valence-corrected chi connectivity index (χ3v) is 1.91. The number of carbonyl (C=O) groups is 1. The molecule has 0 bridgehead atoms. The van der Waals surface area contributed by atoms with Crippen molar-refractivity contribution in [3.8, 4) is 0 Å². The summed E-state index contributed by atoms with van der Waals surface area (Å²) in [7, 11) is 0. The Morgan fingerprint density at radius 1 is 1.50 bits per heavy atom. The van der Waals surface area contributed by atoms with Gasteiger partial charge in [-0.15, -0.1) is 0 Å². The van der Waals surface area contributed by atoms with Crippen molar-refractivity contribution in [2.24, 2.45) is 5.16 Å². The standard InChI is InChI=1S/C10H10F3NO4/c1-2-17-9(15)7(14-16)5-6-3-4-8(18-6)10(11,12)13/h3-4,16H,2,5H2,1H3/b14-7-. The van der Waals surface area contributed by atoms with Crippen molar-refractivity contribution in [2.45, 2.75) is 19.5 Å². The third kappa shape index (κ3) is 3.51. The van der Waals surface area contributed by atoms with E-state index in [0.29, 0.717) is 0 Å². The molecule has 0 amide bonds. The minimum absolute atomic E-state index is 0.0593. The zero-order chi connectivity index (χ0) is 13.8. The Morgan fingerprint density at radius 3 is 2.61 bits per heavy atom. The van der Waals surface area contributed by atoms with Crippen LogP contribution in [0.4, 0.5) is 13.2 Å². The predicted molar refractivity (Wildman–Crippen MR) is 53.3 cm³/mol. The lowest BCUT2D eigenvalue weighted by atomic mass is 10.2. The highest BCUT2D eigenvalue weighted by Crippen LogP contribution is 2.30. The highest BCUT2D eigenvalue weighted by molar-refractivity contribution is 6.36. The number of hydrogen-bond donors (Lipinski definition) is 1. The Bertz CT molecular complexity index is 450. The molecule has 0 fully saturated rings. The second-order valence-electron chi connectivity index (χ2n) is 3.21. The lowest BCUT2D eigenvalue weighted by molar-refractivity contribution is -0.153. The van der Waals surface area contributed by atoms with E-state index in [-0.39, 0.29) is 18.8 Å². The lowest BCUT2D eigenvalue weighted by Gasteiger charge is -2.03. The maximum absolute atomic E-state index is 12.2. The van der Waals surface area contributed by atoms with Crippen LogP contribution in [0.1, 0.15) is 18.4 Å². The molecule has 0 atom stereocenters. The summed E-state index contributed by atoms with van der Waals surface area (Å²) in [4.78, 5) is 11.2. The van der Waals surface area contributed by atoms with Gasteiger partial charge in [0.25, 0.3) is 0 Å². The molecule has 8 heteroatoms. The highest BCUT2D eigenvalue weighted by Gasteiger charge is 2.35. The summed E-state index contributed by atoms with van der Waals surface area (Å²) in [6.45, 7) is 1.60. The molecule has 1 N–H and O–H groups in total. The molecule has 1 aromatic rings. The molecule has 0 aliphatic carbocycles. The number of furan rings is 1. The van der Waals surface area contributed by atoms with Gasteiger partial charge in [-0.25, -0.2) is 4.79 Å². The molecule has 0 aliphatic rings. The minimum Gasteiger partial charge on any atom is -0.461 e. The summed E-state index contributed by atoms with van der Waals surface area (Å²) >= 11 is 0. The van der Waals surface area contributed by atoms with Crippen molar-refractivity contribution in [3.05, 3.63) is 23.7 Å². The zero-order valence-corrected chi connectivity index (χ0v) is 9.32. The Labute approximate surface area is 99.8 Å². The summed E-state index contributed by atoms with van der Waals surface area (Å²) in [5.74, 6) is -2.24. The highest BCUT2D eigenvalue weighted by atomic mass is 19.4. The first-order valence-corrected chi connectivity index (χ1v) is 4.92. The van der Waals surface area contributed by atoms with E-state index in [4.69, 9.17) is 5.21 Å². The lowest BCUT2D eigenvalue weighted by Crippen LogP contribution is -2.19. The first kappa shape index (κ1) is 14.1. The van der Waals surface area contributed by atoms with Gasteiger partial charge in [0, 0.05) is 0 Å². The van der Waals surface area contributed by atoms with Crippen LogP contribution in [0, 0.1) is 0 Å². The fourth-order valence-electron chi connectivity index (χ4n) is 1.15. The van der Waals surface area contributed by atoms with Crippen LogP contribution in [0.15, 0.2) is 21.7 Å². The molecule has 0 saturated carbocycles. The van der Waals surface area contributed by atoms with Gasteiger partial charge in [-0.2, -0.15) is 13.2 Å². The first-order chi connectivity index (χ1) is 8.38. The Morgan fingerprint density at radius 2 is 2.17 bits per heavy atom. The van der Waals surface area contributed by atoms with Crippen LogP contribution in [-0.4, -0.2) is 23.5 Å². The maximum Gasteiger partial charge on any atom is 0.449 e. The van der Waals surface area contributed by atoms with Crippen molar-refractivity contribution in [1.82, 2.24) is 0 Å². The van der Waals surface area contributed by atoms with Crippen molar-refractivity contribution in [2.75, 3.05) is 6.61 Å². The number of alkyl halides is 3. The third-order valence-electron chi connectivity index (χ3n) is 1.91. The summed E-state index contributed by atoms with van der Waals surface area (Å²) in [6, 6.07) is 1.78. The first-order valence-electron chi connectivity index (χ1n) is 4.92. The fourth-order valence-corrected chi connectivity index (χ4v) is 1.15. The Balaban J connectivity index is 2.78. The number of ether oxygens (including phenoxy) is 1. The largest absolute Gasteiger partial charge is 0.461 e. The van der Waals surface area contributed by atoms with Crippen LogP contribution in [0.3, 0.4) is 0 Å². The van der Waals surface area contributed by atoms with E-state index in [2.05, 4.69) is 14.3 Å². The molecular formula is C10H10F3NO4. The van der Waals surface area contributed by atoms with Crippen LogP contribution < -0.4 is 0 Å². The Hall–Kier alpha value is -1.99. The normalized spacial score (nSPS) is 12.6. The molecule has 100 valence electrons. The molecule has 0 unspecified atom stereocenters. The number of nitrogens with zero attached hydrogens (tertiary/aromatic N) is 1. The summed E-state index contributed by atoms with van der Waals surface area (Å²) in [5, 5.41) is 11.2. The molecule has 0 aromatic carbocycles. The maximum atomic E-state index is 12.2. The van der Waals surface area contributed by atoms with E-state index in [1.807, 2.05) is 0 Å². The Kier molecular flexibility index (Phi) is 4.35. The van der Waals surface area contributed by atoms with E-state index in [9.17, 15) is 18.0 Å². The van der Waals surface area contributed by atoms with Gasteiger partial charge < -0.3 is 14.4 Å². The number of rotatable bonds is 4. The van der Waals surface area contributed by atoms with E-state index < -0.39 is 23.6 Å². The molecular weight excluding hydrogens is 255 g/mol. The van der Waals surface area contributed by atoms with Crippen molar-refractivity contribution in [3.63, 3.8) is 0 Å². The predicted octanol–water partition coefficient (Wildman–Crippen LogP) is 2.23. The molecule has 1 aromatic heterocycles. The molecule has 0 spiro atoms. The van der Waals surface area contributed by atoms with Crippen LogP contribution in [0.25, 0.3) is 0 Å². The number of carbonyl (C=O) groups excluding carboxylic acids is 1. The number of halogens is 3. The van der Waals surface area contributed by atoms with Crippen molar-refractivity contribution >= 4 is 11.7 Å². The average Bonchev–Trinajstić information content (AvgIpc) is 2.74. The summed E-state index contributed by atoms with van der Waals surface area (Å²) in [6.07, 6.45) is -4.98. The van der Waals surface area contributed by atoms with Gasteiger partial charge in [0.2, 0.25) is 5.76 Å². The molecule has 18 heavy (non-hydrogen) atoms. The van der Waals surface area contributed by atoms with Crippen LogP contribution in [0.5, 0.6) is 0 Å². The second-order valence-corrected chi connectivity index (χ2v) is 3.21. The van der Waals surface area contributed by atoms with Gasteiger partial charge in [0.15, 0.2) is 5.71 Å². The molecule has 0 saturated heterocycles. The SMILES string of the molecule is CCOC(=O)/C(Cc1ccc(C(F)(F)F)o1)=N\O. The molecule has 5 nitrogen and oxygen atoms in total. The van der Waals surface area contributed by atoms with E-state index in [1.165, 1.54) is 0 Å². The minimum atomic E-state index is -4.60. The van der Waals surface area contributed by atoms with Crippen molar-refractivity contribution < 1.29 is 32.3 Å². The molecule has 1 rings (SSSR count). The quantitative estimate of drug-likeness (QED) is 0.392. The van der Waals surface area contributed by atoms with Crippen molar-refractivity contribution in [1.29, 1.82) is 0 Å². The average molecular weight is 265 g/mol. The van der Waals surface area contributed by atoms with Gasteiger partial charge >= 0.3 is 12.1 Å². The van der Waals surface area contributed by atoms with Gasteiger partial charge in [0.1, 0.15) is 5.76 Å². The van der Waals surface area contributed by atoms with E-state index in [0.717, 1.165) is 12.1 Å². The smallest absolute Gasteiger partial charge is 0.449 e. The fraction of sp³-hybridized carbons (Fsp3) is 0.400. The van der Waals surface area contributed by atoms with Crippen LogP contribution in [0.2, 0.25) is 0 Å². The van der Waals surface area contributed by atoms with E-state index in [1.54, 1.807) is 6.92 Å². The summed E-state index contributed by atoms with van der Waals surface area (Å²) in [5.41, 5.74) is -0.431. The van der Waals surface area contributed by atoms with Crippen LogP contribution >= 0.6 is 0 Å². The summed E-state index contributed by atoms with van der Waals surface area (Å²) < 4.78 is 45.7. The van der Waals surface area contributed by atoms with Gasteiger partial charge in [-0.3, -0.25) is 0 Å². The monoisotopic (exact) mass is 265 g/mol. The second kappa shape index (κ2) is 5.56. The number of esters is 1. The van der Waals surface area contributed by atoms with Gasteiger partial charge in [-0.1, -0.05) is 5.16 Å². The van der Waals surface area contributed by atoms with Crippen LogP contribution in [-0.2, 0) is 22.1 Å². The topological polar surface area (TPSA) is 72.0 Å². The molecule has 1 heterocycles. The number of oxime groups is 1. The molecule has 0 radical (unpaired) electrons. The number of hydrogen-bond acceptors (Lipinski definition) is 5. The van der Waals surface area contributed by atoms with E-state index >= 15 is 0 Å². The van der Waals surface area contributed by atoms with Gasteiger partial charge in [-0.05, 0) is 19.1 Å². The van der Waals surface area contributed by atoms with Gasteiger partial charge in [0.05, 0.1) is 13.0 Å². The molecule has 0 aliphatic heterocycles. The zero-order valence-electron chi connectivity index (χ0n) is 9.32.